The van der Waals surface area contributed by atoms with E-state index in [2.05, 4.69) is 95.3 Å². The number of benzene rings is 2. The highest BCUT2D eigenvalue weighted by Gasteiger charge is 2.53. The monoisotopic (exact) mass is 362 g/mol. The van der Waals surface area contributed by atoms with Gasteiger partial charge in [-0.15, -0.1) is 0 Å². The van der Waals surface area contributed by atoms with Crippen molar-refractivity contribution in [3.8, 4) is 0 Å². The molecule has 0 unspecified atom stereocenters. The van der Waals surface area contributed by atoms with Crippen LogP contribution < -0.4 is 0 Å². The molecule has 0 aliphatic carbocycles. The van der Waals surface area contributed by atoms with Crippen molar-refractivity contribution in [2.24, 2.45) is 0 Å². The van der Waals surface area contributed by atoms with Crippen LogP contribution in [0.4, 0.5) is 0 Å². The molecule has 0 aromatic heterocycles. The molecule has 0 radical (unpaired) electrons. The summed E-state index contributed by atoms with van der Waals surface area (Å²) in [6.45, 7) is 10.7. The Labute approximate surface area is 164 Å². The number of rotatable bonds is 6. The molecule has 1 aliphatic rings. The Morgan fingerprint density at radius 3 is 1.74 bits per heavy atom. The zero-order chi connectivity index (χ0) is 19.5. The van der Waals surface area contributed by atoms with E-state index in [1.165, 1.54) is 16.7 Å². The molecule has 2 aromatic rings. The van der Waals surface area contributed by atoms with E-state index in [0.717, 1.165) is 24.7 Å². The predicted octanol–water partition coefficient (Wildman–Crippen LogP) is 6.42. The maximum absolute atomic E-state index is 6.48. The van der Waals surface area contributed by atoms with Gasteiger partial charge in [0.1, 0.15) is 0 Å². The number of hydrogen-bond acceptors (Lipinski definition) is 2. The molecule has 142 valence electrons. The first-order valence-corrected chi connectivity index (χ1v) is 10.1. The second-order valence-corrected chi connectivity index (χ2v) is 8.32. The highest BCUT2D eigenvalue weighted by atomic mass is 16.7. The molecule has 3 heteroatoms. The smallest absolute Gasteiger partial charge is 0.399 e. The molecule has 1 aliphatic heterocycles. The third-order valence-electron chi connectivity index (χ3n) is 5.80. The molecule has 27 heavy (non-hydrogen) atoms. The average Bonchev–Trinajstić information content (AvgIpc) is 2.87. The van der Waals surface area contributed by atoms with Crippen molar-refractivity contribution in [3.63, 3.8) is 0 Å². The van der Waals surface area contributed by atoms with Gasteiger partial charge in [0.15, 0.2) is 0 Å². The van der Waals surface area contributed by atoms with E-state index in [4.69, 9.17) is 9.31 Å². The summed E-state index contributed by atoms with van der Waals surface area (Å²) in [5.41, 5.74) is 4.19. The fraction of sp³-hybridized carbons (Fsp3) is 0.417. The summed E-state index contributed by atoms with van der Waals surface area (Å²) in [5.74, 6) is 0. The molecular formula is C24H31BO2. The first-order chi connectivity index (χ1) is 12.9. The van der Waals surface area contributed by atoms with E-state index >= 15 is 0 Å². The molecule has 3 rings (SSSR count). The zero-order valence-corrected chi connectivity index (χ0v) is 17.3. The standard InChI is InChI=1S/C24H31BO2/c1-6-7-18-21(19-14-10-8-11-15-19)22(20-16-12-9-13-17-20)25-26-23(2,3)24(4,5)27-25/h8-17H,6-7,18H2,1-5H3/b22-21-. The highest BCUT2D eigenvalue weighted by Crippen LogP contribution is 2.43. The van der Waals surface area contributed by atoms with E-state index in [1.54, 1.807) is 0 Å². The van der Waals surface area contributed by atoms with Crippen LogP contribution in [-0.4, -0.2) is 18.3 Å². The Balaban J connectivity index is 2.17. The van der Waals surface area contributed by atoms with Crippen LogP contribution >= 0.6 is 0 Å². The van der Waals surface area contributed by atoms with E-state index in [1.807, 2.05) is 0 Å². The van der Waals surface area contributed by atoms with Crippen molar-refractivity contribution >= 4 is 18.2 Å². The fourth-order valence-electron chi connectivity index (χ4n) is 3.46. The van der Waals surface area contributed by atoms with Gasteiger partial charge >= 0.3 is 7.12 Å². The average molecular weight is 362 g/mol. The van der Waals surface area contributed by atoms with Crippen LogP contribution in [0.2, 0.25) is 0 Å². The summed E-state index contributed by atoms with van der Waals surface area (Å²) in [6.07, 6.45) is 3.30. The maximum Gasteiger partial charge on any atom is 0.495 e. The van der Waals surface area contributed by atoms with E-state index in [-0.39, 0.29) is 18.3 Å². The lowest BCUT2D eigenvalue weighted by atomic mass is 9.69. The van der Waals surface area contributed by atoms with Gasteiger partial charge in [0.25, 0.3) is 0 Å². The summed E-state index contributed by atoms with van der Waals surface area (Å²) in [5, 5.41) is 0. The number of hydrogen-bond donors (Lipinski definition) is 0. The Hall–Kier alpha value is -1.84. The van der Waals surface area contributed by atoms with Crippen LogP contribution in [0.3, 0.4) is 0 Å². The fourth-order valence-corrected chi connectivity index (χ4v) is 3.46. The molecule has 1 saturated heterocycles. The van der Waals surface area contributed by atoms with Crippen molar-refractivity contribution in [1.29, 1.82) is 0 Å². The molecule has 1 heterocycles. The molecule has 0 amide bonds. The summed E-state index contributed by atoms with van der Waals surface area (Å²) in [7, 11) is -0.371. The largest absolute Gasteiger partial charge is 0.495 e. The van der Waals surface area contributed by atoms with Crippen LogP contribution in [0.5, 0.6) is 0 Å². The minimum absolute atomic E-state index is 0.357. The Morgan fingerprint density at radius 2 is 1.26 bits per heavy atom. The normalized spacial score (nSPS) is 19.1. The van der Waals surface area contributed by atoms with E-state index < -0.39 is 0 Å². The maximum atomic E-state index is 6.48. The Kier molecular flexibility index (Phi) is 5.93. The third-order valence-corrected chi connectivity index (χ3v) is 5.80. The summed E-state index contributed by atoms with van der Waals surface area (Å²) in [4.78, 5) is 0. The van der Waals surface area contributed by atoms with Crippen molar-refractivity contribution in [2.45, 2.75) is 65.1 Å². The quantitative estimate of drug-likeness (QED) is 0.436. The lowest BCUT2D eigenvalue weighted by molar-refractivity contribution is 0.00578. The second-order valence-electron chi connectivity index (χ2n) is 8.32. The SMILES string of the molecule is CCCC/C(=C(/B1OC(C)(C)C(C)(C)O1)c1ccccc1)c1ccccc1. The second kappa shape index (κ2) is 8.04. The number of unbranched alkanes of at least 4 members (excludes halogenated alkanes) is 1. The van der Waals surface area contributed by atoms with Gasteiger partial charge in [-0.1, -0.05) is 74.0 Å². The molecule has 2 aromatic carbocycles. The van der Waals surface area contributed by atoms with Gasteiger partial charge in [0.2, 0.25) is 0 Å². The lowest BCUT2D eigenvalue weighted by Crippen LogP contribution is -2.41. The van der Waals surface area contributed by atoms with Gasteiger partial charge in [0.05, 0.1) is 11.2 Å². The molecule has 1 fully saturated rings. The van der Waals surface area contributed by atoms with Crippen molar-refractivity contribution in [3.05, 3.63) is 71.8 Å². The first kappa shape index (κ1) is 19.9. The zero-order valence-electron chi connectivity index (χ0n) is 17.3. The lowest BCUT2D eigenvalue weighted by Gasteiger charge is -2.32. The van der Waals surface area contributed by atoms with Gasteiger partial charge in [-0.2, -0.15) is 0 Å². The van der Waals surface area contributed by atoms with Crippen molar-refractivity contribution < 1.29 is 9.31 Å². The molecule has 0 atom stereocenters. The van der Waals surface area contributed by atoms with Crippen LogP contribution in [-0.2, 0) is 9.31 Å². The van der Waals surface area contributed by atoms with Gasteiger partial charge in [-0.25, -0.2) is 0 Å². The molecule has 0 spiro atoms. The topological polar surface area (TPSA) is 18.5 Å². The van der Waals surface area contributed by atoms with Crippen LogP contribution in [0.15, 0.2) is 60.7 Å². The molecule has 0 N–H and O–H groups in total. The highest BCUT2D eigenvalue weighted by molar-refractivity contribution is 6.71. The minimum Gasteiger partial charge on any atom is -0.399 e. The van der Waals surface area contributed by atoms with Crippen molar-refractivity contribution in [1.82, 2.24) is 0 Å². The number of allylic oxidation sites excluding steroid dienone is 1. The summed E-state index contributed by atoms with van der Waals surface area (Å²) in [6, 6.07) is 21.2. The van der Waals surface area contributed by atoms with Gasteiger partial charge in [0, 0.05) is 0 Å². The molecule has 0 saturated carbocycles. The molecule has 0 bridgehead atoms. The summed E-state index contributed by atoms with van der Waals surface area (Å²) >= 11 is 0. The van der Waals surface area contributed by atoms with E-state index in [9.17, 15) is 0 Å². The van der Waals surface area contributed by atoms with Gasteiger partial charge in [-0.3, -0.25) is 0 Å². The first-order valence-electron chi connectivity index (χ1n) is 10.1. The van der Waals surface area contributed by atoms with Crippen LogP contribution in [0.1, 0.15) is 65.0 Å². The molecular weight excluding hydrogens is 331 g/mol. The Bertz CT molecular complexity index is 763. The van der Waals surface area contributed by atoms with Gasteiger partial charge < -0.3 is 9.31 Å². The third kappa shape index (κ3) is 4.20. The van der Waals surface area contributed by atoms with Crippen molar-refractivity contribution in [2.75, 3.05) is 0 Å². The predicted molar refractivity (Wildman–Crippen MR) is 115 cm³/mol. The van der Waals surface area contributed by atoms with Gasteiger partial charge in [-0.05, 0) is 62.7 Å². The summed E-state index contributed by atoms with van der Waals surface area (Å²) < 4.78 is 13.0. The van der Waals surface area contributed by atoms with Crippen LogP contribution in [0, 0.1) is 0 Å². The Morgan fingerprint density at radius 1 is 0.778 bits per heavy atom. The molecule has 2 nitrogen and oxygen atoms in total. The van der Waals surface area contributed by atoms with E-state index in [0.29, 0.717) is 0 Å². The minimum atomic E-state index is -0.371. The van der Waals surface area contributed by atoms with Crippen LogP contribution in [0.25, 0.3) is 11.0 Å².